The minimum absolute atomic E-state index is 0.0266. The normalized spacial score (nSPS) is 20.0. The molecule has 0 aromatic heterocycles. The molecule has 4 aliphatic rings. The van der Waals surface area contributed by atoms with Gasteiger partial charge in [0.25, 0.3) is 11.8 Å². The number of alkyl halides is 1. The number of nitrogens with one attached hydrogen (secondary N) is 1. The molecule has 10 nitrogen and oxygen atoms in total. The number of benzene rings is 4. The standard InChI is InChI=1S/C46H46ClFN4O6/c47-20-15-36(29-3-9-34(53)10-4-29)43(32-5-11-35(54)12-6-32)31-1-7-33(8-2-31)51-23-16-28(17-24-51)27-50-21-18-30(19-22-50)37-25-38-39(26-40(37)48)46(58)52(45(38)57)41-13-14-42(55)49-44(41)56/h1-12,25-26,28,30,41,53-54H,13-24,27H2,(H,49,55,56). The largest absolute Gasteiger partial charge is 0.508 e. The van der Waals surface area contributed by atoms with Crippen LogP contribution in [0.1, 0.15) is 93.8 Å². The second-order valence-electron chi connectivity index (χ2n) is 15.8. The highest BCUT2D eigenvalue weighted by Gasteiger charge is 2.45. The van der Waals surface area contributed by atoms with Crippen LogP contribution in [0.25, 0.3) is 11.1 Å². The van der Waals surface area contributed by atoms with Gasteiger partial charge in [-0.3, -0.25) is 29.4 Å². The van der Waals surface area contributed by atoms with Crippen LogP contribution in [-0.2, 0) is 9.59 Å². The predicted octanol–water partition coefficient (Wildman–Crippen LogP) is 7.32. The molecular formula is C46H46ClFN4O6. The molecule has 0 aliphatic carbocycles. The Hall–Kier alpha value is -5.52. The lowest BCUT2D eigenvalue weighted by Gasteiger charge is -2.38. The Morgan fingerprint density at radius 1 is 0.724 bits per heavy atom. The molecule has 12 heteroatoms. The Balaban J connectivity index is 0.881. The Morgan fingerprint density at radius 3 is 1.88 bits per heavy atom. The summed E-state index contributed by atoms with van der Waals surface area (Å²) in [5.74, 6) is -1.68. The molecular weight excluding hydrogens is 759 g/mol. The van der Waals surface area contributed by atoms with Gasteiger partial charge in [-0.2, -0.15) is 0 Å². The van der Waals surface area contributed by atoms with Crippen LogP contribution in [0, 0.1) is 11.7 Å². The topological polar surface area (TPSA) is 130 Å². The van der Waals surface area contributed by atoms with E-state index < -0.39 is 35.5 Å². The van der Waals surface area contributed by atoms with Gasteiger partial charge < -0.3 is 20.0 Å². The quantitative estimate of drug-likeness (QED) is 0.0864. The fraction of sp³-hybridized carbons (Fsp3) is 0.348. The van der Waals surface area contributed by atoms with Gasteiger partial charge in [0.15, 0.2) is 0 Å². The number of carbonyl (C=O) groups is 4. The summed E-state index contributed by atoms with van der Waals surface area (Å²) in [7, 11) is 0. The number of anilines is 1. The van der Waals surface area contributed by atoms with Crippen LogP contribution in [-0.4, -0.2) is 88.3 Å². The first-order valence-electron chi connectivity index (χ1n) is 20.1. The van der Waals surface area contributed by atoms with E-state index in [9.17, 15) is 29.4 Å². The third-order valence-corrected chi connectivity index (χ3v) is 12.4. The van der Waals surface area contributed by atoms with Crippen LogP contribution in [0.2, 0.25) is 0 Å². The number of amides is 4. The van der Waals surface area contributed by atoms with E-state index in [0.29, 0.717) is 23.8 Å². The minimum atomic E-state index is -1.08. The first kappa shape index (κ1) is 39.3. The molecule has 0 bridgehead atoms. The number of hydrogen-bond donors (Lipinski definition) is 3. The Kier molecular flexibility index (Phi) is 11.4. The maximum absolute atomic E-state index is 15.5. The summed E-state index contributed by atoms with van der Waals surface area (Å²) in [5, 5.41) is 22.2. The number of hydrogen-bond acceptors (Lipinski definition) is 8. The van der Waals surface area contributed by atoms with Crippen molar-refractivity contribution in [2.75, 3.05) is 43.5 Å². The van der Waals surface area contributed by atoms with Crippen molar-refractivity contribution in [3.05, 3.63) is 124 Å². The Labute approximate surface area is 341 Å². The molecule has 4 heterocycles. The number of piperidine rings is 3. The number of allylic oxidation sites excluding steroid dienone is 1. The smallest absolute Gasteiger partial charge is 0.262 e. The monoisotopic (exact) mass is 804 g/mol. The van der Waals surface area contributed by atoms with E-state index in [2.05, 4.69) is 39.4 Å². The first-order valence-corrected chi connectivity index (χ1v) is 20.6. The highest BCUT2D eigenvalue weighted by atomic mass is 35.5. The molecule has 3 fully saturated rings. The van der Waals surface area contributed by atoms with Crippen LogP contribution in [0.4, 0.5) is 10.1 Å². The molecule has 1 unspecified atom stereocenters. The zero-order chi connectivity index (χ0) is 40.5. The van der Waals surface area contributed by atoms with E-state index >= 15 is 4.39 Å². The number of halogens is 2. The molecule has 0 radical (unpaired) electrons. The number of nitrogens with zero attached hydrogens (tertiary/aromatic N) is 3. The van der Waals surface area contributed by atoms with Crippen molar-refractivity contribution < 1.29 is 33.8 Å². The van der Waals surface area contributed by atoms with Gasteiger partial charge in [0.2, 0.25) is 11.8 Å². The highest BCUT2D eigenvalue weighted by Crippen LogP contribution is 2.39. The number of phenols is 2. The summed E-state index contributed by atoms with van der Waals surface area (Å²) in [6, 6.07) is 24.6. The van der Waals surface area contributed by atoms with Gasteiger partial charge in [-0.25, -0.2) is 4.39 Å². The van der Waals surface area contributed by atoms with Crippen molar-refractivity contribution in [2.45, 2.75) is 56.9 Å². The van der Waals surface area contributed by atoms with Crippen LogP contribution >= 0.6 is 11.6 Å². The molecule has 3 N–H and O–H groups in total. The summed E-state index contributed by atoms with van der Waals surface area (Å²) >= 11 is 6.33. The lowest BCUT2D eigenvalue weighted by Crippen LogP contribution is -2.54. The molecule has 300 valence electrons. The van der Waals surface area contributed by atoms with Crippen LogP contribution < -0.4 is 10.2 Å². The van der Waals surface area contributed by atoms with Gasteiger partial charge in [-0.05, 0) is 145 Å². The third-order valence-electron chi connectivity index (χ3n) is 12.3. The molecule has 0 spiro atoms. The molecule has 0 saturated carbocycles. The van der Waals surface area contributed by atoms with Crippen molar-refractivity contribution >= 4 is 52.1 Å². The summed E-state index contributed by atoms with van der Waals surface area (Å²) in [6.07, 6.45) is 4.29. The maximum atomic E-state index is 15.5. The molecule has 4 aromatic carbocycles. The lowest BCUT2D eigenvalue weighted by atomic mass is 9.86. The van der Waals surface area contributed by atoms with Crippen molar-refractivity contribution in [3.63, 3.8) is 0 Å². The number of fused-ring (bicyclic) bond motifs is 1. The molecule has 3 saturated heterocycles. The number of carbonyl (C=O) groups excluding carboxylic acids is 4. The summed E-state index contributed by atoms with van der Waals surface area (Å²) in [5.41, 5.74) is 6.74. The average Bonchev–Trinajstić information content (AvgIpc) is 3.46. The van der Waals surface area contributed by atoms with Gasteiger partial charge in [0.1, 0.15) is 23.4 Å². The van der Waals surface area contributed by atoms with E-state index in [1.165, 1.54) is 6.07 Å². The number of imide groups is 2. The van der Waals surface area contributed by atoms with E-state index in [1.54, 1.807) is 24.3 Å². The highest BCUT2D eigenvalue weighted by molar-refractivity contribution is 6.23. The third kappa shape index (κ3) is 7.98. The number of phenolic OH excluding ortho intramolecular Hbond substituents is 2. The van der Waals surface area contributed by atoms with Crippen LogP contribution in [0.15, 0.2) is 84.9 Å². The average molecular weight is 805 g/mol. The summed E-state index contributed by atoms with van der Waals surface area (Å²) in [6.45, 7) is 4.47. The first-order chi connectivity index (χ1) is 28.1. The van der Waals surface area contributed by atoms with E-state index in [4.69, 9.17) is 11.6 Å². The number of likely N-dealkylation sites (tertiary alicyclic amines) is 1. The van der Waals surface area contributed by atoms with Crippen LogP contribution in [0.3, 0.4) is 0 Å². The van der Waals surface area contributed by atoms with Crippen molar-refractivity contribution in [2.24, 2.45) is 5.92 Å². The van der Waals surface area contributed by atoms with Gasteiger partial charge in [0, 0.05) is 37.6 Å². The maximum Gasteiger partial charge on any atom is 0.262 e. The fourth-order valence-corrected chi connectivity index (χ4v) is 9.33. The second kappa shape index (κ2) is 16.8. The van der Waals surface area contributed by atoms with Crippen molar-refractivity contribution in [1.82, 2.24) is 15.1 Å². The van der Waals surface area contributed by atoms with Gasteiger partial charge in [-0.1, -0.05) is 36.4 Å². The molecule has 4 aliphatic heterocycles. The molecule has 58 heavy (non-hydrogen) atoms. The lowest BCUT2D eigenvalue weighted by molar-refractivity contribution is -0.136. The minimum Gasteiger partial charge on any atom is -0.508 e. The van der Waals surface area contributed by atoms with E-state index in [0.717, 1.165) is 103 Å². The Morgan fingerprint density at radius 2 is 1.29 bits per heavy atom. The van der Waals surface area contributed by atoms with Gasteiger partial charge in [-0.15, -0.1) is 11.6 Å². The SMILES string of the molecule is O=C1CCC(N2C(=O)c3cc(F)c(C4CCN(CC5CCN(c6ccc(C(=C(CCCl)c7ccc(O)cc7)c7ccc(O)cc7)cc6)CC5)CC4)cc3C2=O)C(=O)N1. The van der Waals surface area contributed by atoms with Crippen molar-refractivity contribution in [3.8, 4) is 11.5 Å². The molecule has 4 amide bonds. The van der Waals surface area contributed by atoms with E-state index in [-0.39, 0.29) is 41.4 Å². The molecule has 8 rings (SSSR count). The fourth-order valence-electron chi connectivity index (χ4n) is 9.14. The second-order valence-corrected chi connectivity index (χ2v) is 16.2. The number of aromatic hydroxyl groups is 2. The zero-order valence-electron chi connectivity index (χ0n) is 32.1. The zero-order valence-corrected chi connectivity index (χ0v) is 32.9. The Bertz CT molecular complexity index is 2250. The molecule has 1 atom stereocenters. The molecule has 4 aromatic rings. The van der Waals surface area contributed by atoms with Crippen LogP contribution in [0.5, 0.6) is 11.5 Å². The predicted molar refractivity (Wildman–Crippen MR) is 220 cm³/mol. The van der Waals surface area contributed by atoms with Gasteiger partial charge in [0.05, 0.1) is 11.1 Å². The summed E-state index contributed by atoms with van der Waals surface area (Å²) in [4.78, 5) is 56.4. The summed E-state index contributed by atoms with van der Waals surface area (Å²) < 4.78 is 15.5. The van der Waals surface area contributed by atoms with Crippen molar-refractivity contribution in [1.29, 1.82) is 0 Å². The van der Waals surface area contributed by atoms with E-state index in [1.807, 2.05) is 24.3 Å². The van der Waals surface area contributed by atoms with Gasteiger partial charge >= 0.3 is 0 Å². The number of rotatable bonds is 10.